The molecule has 0 unspecified atom stereocenters. The average molecular weight is 407 g/mol. The molecule has 0 aromatic heterocycles. The maximum atomic E-state index is 13.2. The van der Waals surface area contributed by atoms with E-state index in [0.29, 0.717) is 22.6 Å². The molecule has 28 heavy (non-hydrogen) atoms. The zero-order valence-corrected chi connectivity index (χ0v) is 17.3. The van der Waals surface area contributed by atoms with E-state index in [9.17, 15) is 4.39 Å². The highest BCUT2D eigenvalue weighted by molar-refractivity contribution is 6.31. The van der Waals surface area contributed by atoms with Crippen LogP contribution >= 0.6 is 11.6 Å². The van der Waals surface area contributed by atoms with Crippen LogP contribution in [0.1, 0.15) is 30.9 Å². The van der Waals surface area contributed by atoms with Crippen molar-refractivity contribution in [3.8, 4) is 11.5 Å². The van der Waals surface area contributed by atoms with Gasteiger partial charge in [-0.15, -0.1) is 0 Å². The molecule has 1 aliphatic rings. The van der Waals surface area contributed by atoms with Crippen molar-refractivity contribution in [2.45, 2.75) is 39.0 Å². The molecule has 152 valence electrons. The molecule has 0 bridgehead atoms. The van der Waals surface area contributed by atoms with Gasteiger partial charge in [0.1, 0.15) is 12.4 Å². The van der Waals surface area contributed by atoms with Gasteiger partial charge in [0.2, 0.25) is 0 Å². The molecule has 3 rings (SSSR count). The highest BCUT2D eigenvalue weighted by Crippen LogP contribution is 2.30. The van der Waals surface area contributed by atoms with Gasteiger partial charge in [-0.2, -0.15) is 0 Å². The second-order valence-electron chi connectivity index (χ2n) is 7.07. The summed E-state index contributed by atoms with van der Waals surface area (Å²) in [5, 5.41) is 3.91. The normalized spacial score (nSPS) is 17.1. The fourth-order valence-corrected chi connectivity index (χ4v) is 3.88. The Morgan fingerprint density at radius 2 is 2.07 bits per heavy atom. The Morgan fingerprint density at radius 1 is 1.21 bits per heavy atom. The highest BCUT2D eigenvalue weighted by Gasteiger charge is 2.22. The van der Waals surface area contributed by atoms with Gasteiger partial charge in [0.25, 0.3) is 0 Å². The van der Waals surface area contributed by atoms with Gasteiger partial charge in [0.05, 0.1) is 12.1 Å². The number of halogens is 2. The standard InChI is InChI=1S/C22H28ClFN2O2/c1-3-26-10-4-5-19(26)14-25-13-16-6-9-21(22(11-16)27-2)28-15-17-7-8-18(24)12-20(17)23/h6-9,11-12,19,25H,3-5,10,13-15H2,1-2H3/t19-/m1/s1. The minimum absolute atomic E-state index is 0.252. The molecule has 2 aromatic rings. The molecule has 1 saturated heterocycles. The van der Waals surface area contributed by atoms with Gasteiger partial charge in [0.15, 0.2) is 11.5 Å². The van der Waals surface area contributed by atoms with Crippen LogP contribution in [0.25, 0.3) is 0 Å². The van der Waals surface area contributed by atoms with E-state index in [4.69, 9.17) is 21.1 Å². The third-order valence-electron chi connectivity index (χ3n) is 5.24. The van der Waals surface area contributed by atoms with Gasteiger partial charge >= 0.3 is 0 Å². The summed E-state index contributed by atoms with van der Waals surface area (Å²) in [5.41, 5.74) is 1.87. The molecular weight excluding hydrogens is 379 g/mol. The van der Waals surface area contributed by atoms with Crippen LogP contribution in [0, 0.1) is 5.82 Å². The van der Waals surface area contributed by atoms with Crippen LogP contribution in [0.3, 0.4) is 0 Å². The van der Waals surface area contributed by atoms with Gasteiger partial charge in [-0.25, -0.2) is 4.39 Å². The van der Waals surface area contributed by atoms with Crippen molar-refractivity contribution in [2.75, 3.05) is 26.7 Å². The Bertz CT molecular complexity index is 787. The first-order valence-electron chi connectivity index (χ1n) is 9.79. The fourth-order valence-electron chi connectivity index (χ4n) is 3.66. The lowest BCUT2D eigenvalue weighted by atomic mass is 10.1. The number of likely N-dealkylation sites (N-methyl/N-ethyl adjacent to an activating group) is 1. The summed E-state index contributed by atoms with van der Waals surface area (Å²) in [4.78, 5) is 2.53. The first kappa shape index (κ1) is 20.9. The second-order valence-corrected chi connectivity index (χ2v) is 7.47. The minimum Gasteiger partial charge on any atom is -0.493 e. The second kappa shape index (κ2) is 10.1. The third-order valence-corrected chi connectivity index (χ3v) is 5.59. The summed E-state index contributed by atoms with van der Waals surface area (Å²) in [5.74, 6) is 0.955. The first-order valence-corrected chi connectivity index (χ1v) is 10.2. The molecule has 6 heteroatoms. The van der Waals surface area contributed by atoms with Crippen LogP contribution in [-0.2, 0) is 13.2 Å². The van der Waals surface area contributed by atoms with E-state index in [1.165, 1.54) is 31.5 Å². The SMILES string of the molecule is CCN1CCC[C@@H]1CNCc1ccc(OCc2ccc(F)cc2Cl)c(OC)c1. The fraction of sp³-hybridized carbons (Fsp3) is 0.455. The van der Waals surface area contributed by atoms with Gasteiger partial charge < -0.3 is 14.8 Å². The molecule has 0 radical (unpaired) electrons. The van der Waals surface area contributed by atoms with Crippen LogP contribution in [0.5, 0.6) is 11.5 Å². The average Bonchev–Trinajstić information content (AvgIpc) is 3.15. The predicted molar refractivity (Wildman–Crippen MR) is 111 cm³/mol. The lowest BCUT2D eigenvalue weighted by molar-refractivity contribution is 0.260. The van der Waals surface area contributed by atoms with Crippen molar-refractivity contribution in [1.29, 1.82) is 0 Å². The molecule has 1 aliphatic heterocycles. The summed E-state index contributed by atoms with van der Waals surface area (Å²) in [6.45, 7) is 6.58. The largest absolute Gasteiger partial charge is 0.493 e. The Hall–Kier alpha value is -1.82. The van der Waals surface area contributed by atoms with Crippen molar-refractivity contribution in [2.24, 2.45) is 0 Å². The van der Waals surface area contributed by atoms with Gasteiger partial charge in [0, 0.05) is 24.7 Å². The predicted octanol–water partition coefficient (Wildman–Crippen LogP) is 4.64. The van der Waals surface area contributed by atoms with Crippen molar-refractivity contribution in [1.82, 2.24) is 10.2 Å². The van der Waals surface area contributed by atoms with Gasteiger partial charge in [-0.3, -0.25) is 4.90 Å². The molecule has 0 spiro atoms. The number of nitrogens with zero attached hydrogens (tertiary/aromatic N) is 1. The number of likely N-dealkylation sites (tertiary alicyclic amines) is 1. The lowest BCUT2D eigenvalue weighted by Gasteiger charge is -2.23. The Kier molecular flexibility index (Phi) is 7.54. The van der Waals surface area contributed by atoms with E-state index in [1.807, 2.05) is 18.2 Å². The third kappa shape index (κ3) is 5.37. The molecule has 2 aromatic carbocycles. The van der Waals surface area contributed by atoms with Gasteiger partial charge in [-0.05, 0) is 55.8 Å². The van der Waals surface area contributed by atoms with E-state index in [1.54, 1.807) is 13.2 Å². The van der Waals surface area contributed by atoms with Crippen LogP contribution in [0.4, 0.5) is 4.39 Å². The monoisotopic (exact) mass is 406 g/mol. The van der Waals surface area contributed by atoms with E-state index >= 15 is 0 Å². The van der Waals surface area contributed by atoms with E-state index < -0.39 is 0 Å². The molecule has 1 heterocycles. The van der Waals surface area contributed by atoms with Crippen LogP contribution in [-0.4, -0.2) is 37.7 Å². The number of rotatable bonds is 9. The molecule has 1 N–H and O–H groups in total. The van der Waals surface area contributed by atoms with Crippen molar-refractivity contribution in [3.05, 3.63) is 58.4 Å². The summed E-state index contributed by atoms with van der Waals surface area (Å²) in [7, 11) is 1.63. The first-order chi connectivity index (χ1) is 13.6. The highest BCUT2D eigenvalue weighted by atomic mass is 35.5. The summed E-state index contributed by atoms with van der Waals surface area (Å²) < 4.78 is 24.5. The number of hydrogen-bond donors (Lipinski definition) is 1. The molecule has 4 nitrogen and oxygen atoms in total. The summed E-state index contributed by atoms with van der Waals surface area (Å²) in [6, 6.07) is 10.8. The van der Waals surface area contributed by atoms with Crippen molar-refractivity contribution in [3.63, 3.8) is 0 Å². The number of hydrogen-bond acceptors (Lipinski definition) is 4. The number of ether oxygens (including phenoxy) is 2. The van der Waals surface area contributed by atoms with Crippen molar-refractivity contribution >= 4 is 11.6 Å². The summed E-state index contributed by atoms with van der Waals surface area (Å²) in [6.07, 6.45) is 2.56. The molecule has 0 saturated carbocycles. The Labute approximate surface area is 171 Å². The van der Waals surface area contributed by atoms with Crippen LogP contribution in [0.2, 0.25) is 5.02 Å². The molecular formula is C22H28ClFN2O2. The summed E-state index contributed by atoms with van der Waals surface area (Å²) >= 11 is 6.06. The number of benzene rings is 2. The Balaban J connectivity index is 1.55. The van der Waals surface area contributed by atoms with E-state index in [2.05, 4.69) is 17.1 Å². The maximum absolute atomic E-state index is 13.2. The lowest BCUT2D eigenvalue weighted by Crippen LogP contribution is -2.37. The van der Waals surface area contributed by atoms with Crippen molar-refractivity contribution < 1.29 is 13.9 Å². The van der Waals surface area contributed by atoms with Crippen LogP contribution < -0.4 is 14.8 Å². The zero-order valence-electron chi connectivity index (χ0n) is 16.5. The molecule has 1 fully saturated rings. The van der Waals surface area contributed by atoms with E-state index in [0.717, 1.165) is 30.8 Å². The number of nitrogens with one attached hydrogen (secondary N) is 1. The number of methoxy groups -OCH3 is 1. The smallest absolute Gasteiger partial charge is 0.161 e. The van der Waals surface area contributed by atoms with Crippen LogP contribution in [0.15, 0.2) is 36.4 Å². The topological polar surface area (TPSA) is 33.7 Å². The zero-order chi connectivity index (χ0) is 19.9. The minimum atomic E-state index is -0.358. The molecule has 1 atom stereocenters. The Morgan fingerprint density at radius 3 is 2.82 bits per heavy atom. The maximum Gasteiger partial charge on any atom is 0.161 e. The molecule has 0 amide bonds. The quantitative estimate of drug-likeness (QED) is 0.657. The van der Waals surface area contributed by atoms with Gasteiger partial charge in [-0.1, -0.05) is 30.7 Å². The van der Waals surface area contributed by atoms with E-state index in [-0.39, 0.29) is 12.4 Å². The molecule has 0 aliphatic carbocycles.